The second kappa shape index (κ2) is 3.14. The first kappa shape index (κ1) is 7.60. The molecule has 2 rings (SSSR count). The lowest BCUT2D eigenvalue weighted by molar-refractivity contribution is 1.26. The highest BCUT2D eigenvalue weighted by Gasteiger charge is 2.01. The van der Waals surface area contributed by atoms with Gasteiger partial charge in [0, 0.05) is 12.4 Å². The van der Waals surface area contributed by atoms with Crippen molar-refractivity contribution < 1.29 is 0 Å². The Morgan fingerprint density at radius 1 is 1.31 bits per heavy atom. The molecular formula is C8H6N4O. The number of imidazole rings is 1. The smallest absolute Gasteiger partial charge is 0.111 e. The van der Waals surface area contributed by atoms with E-state index in [0.717, 1.165) is 0 Å². The van der Waals surface area contributed by atoms with Crippen LogP contribution >= 0.6 is 0 Å². The molecule has 0 radical (unpaired) electrons. The minimum Gasteiger partial charge on any atom is -0.351 e. The molecule has 0 unspecified atom stereocenters. The summed E-state index contributed by atoms with van der Waals surface area (Å²) in [5.41, 5.74) is 1.69. The monoisotopic (exact) mass is 174 g/mol. The van der Waals surface area contributed by atoms with Crippen molar-refractivity contribution in [2.24, 2.45) is 5.18 Å². The molecule has 0 saturated carbocycles. The van der Waals surface area contributed by atoms with Gasteiger partial charge in [-0.25, -0.2) is 4.98 Å². The number of aromatic nitrogens is 3. The van der Waals surface area contributed by atoms with Crippen LogP contribution in [0.25, 0.3) is 11.4 Å². The number of nitrogens with zero attached hydrogens (tertiary/aromatic N) is 3. The van der Waals surface area contributed by atoms with Gasteiger partial charge in [0.15, 0.2) is 0 Å². The van der Waals surface area contributed by atoms with Crippen LogP contribution in [-0.2, 0) is 0 Å². The molecule has 0 saturated heterocycles. The molecule has 5 nitrogen and oxygen atoms in total. The van der Waals surface area contributed by atoms with Gasteiger partial charge in [-0.3, -0.25) is 4.98 Å². The Kier molecular flexibility index (Phi) is 1.84. The molecule has 2 aromatic heterocycles. The van der Waals surface area contributed by atoms with Gasteiger partial charge >= 0.3 is 0 Å². The molecule has 1 N–H and O–H groups in total. The van der Waals surface area contributed by atoms with Crippen LogP contribution in [0.5, 0.6) is 0 Å². The summed E-state index contributed by atoms with van der Waals surface area (Å²) in [6.45, 7) is 0. The Morgan fingerprint density at radius 3 is 2.92 bits per heavy atom. The van der Waals surface area contributed by atoms with Gasteiger partial charge in [-0.05, 0) is 17.3 Å². The van der Waals surface area contributed by atoms with Crippen molar-refractivity contribution in [1.82, 2.24) is 15.0 Å². The summed E-state index contributed by atoms with van der Waals surface area (Å²) in [5, 5.41) is 2.81. The first-order valence-corrected chi connectivity index (χ1v) is 3.69. The number of hydrogen-bond donors (Lipinski definition) is 1. The number of nitrogens with one attached hydrogen (secondary N) is 1. The van der Waals surface area contributed by atoms with E-state index in [2.05, 4.69) is 20.1 Å². The maximum atomic E-state index is 10.2. The van der Waals surface area contributed by atoms with Crippen molar-refractivity contribution in [3.63, 3.8) is 0 Å². The van der Waals surface area contributed by atoms with Crippen molar-refractivity contribution in [3.05, 3.63) is 35.8 Å². The highest BCUT2D eigenvalue weighted by Crippen LogP contribution is 2.18. The summed E-state index contributed by atoms with van der Waals surface area (Å²) in [5.74, 6) is 0. The fourth-order valence-corrected chi connectivity index (χ4v) is 1.02. The molecule has 0 aliphatic rings. The summed E-state index contributed by atoms with van der Waals surface area (Å²) in [6.07, 6.45) is 4.79. The Morgan fingerprint density at radius 2 is 2.23 bits per heavy atom. The fraction of sp³-hybridized carbons (Fsp3) is 0. The van der Waals surface area contributed by atoms with E-state index in [4.69, 9.17) is 0 Å². The van der Waals surface area contributed by atoms with E-state index in [1.807, 2.05) is 0 Å². The lowest BCUT2D eigenvalue weighted by Gasteiger charge is -1.94. The highest BCUT2D eigenvalue weighted by molar-refractivity contribution is 5.57. The van der Waals surface area contributed by atoms with Gasteiger partial charge in [-0.2, -0.15) is 0 Å². The summed E-state index contributed by atoms with van der Waals surface area (Å²) in [4.78, 5) is 21.1. The third-order valence-electron chi connectivity index (χ3n) is 1.61. The second-order valence-electron chi connectivity index (χ2n) is 2.45. The summed E-state index contributed by atoms with van der Waals surface area (Å²) in [7, 11) is 0. The van der Waals surface area contributed by atoms with E-state index < -0.39 is 0 Å². The van der Waals surface area contributed by atoms with E-state index in [0.29, 0.717) is 17.1 Å². The largest absolute Gasteiger partial charge is 0.351 e. The standard InChI is InChI=1S/C8H6N4O/c13-12-6-1-2-10-7(3-6)8-4-9-5-11-8/h1-5H,(H,9,11). The molecule has 0 spiro atoms. The molecule has 5 heteroatoms. The van der Waals surface area contributed by atoms with Gasteiger partial charge in [0.05, 0.1) is 12.0 Å². The first-order chi connectivity index (χ1) is 6.40. The van der Waals surface area contributed by atoms with Gasteiger partial charge in [0.2, 0.25) is 0 Å². The Balaban J connectivity index is 2.47. The highest BCUT2D eigenvalue weighted by atomic mass is 16.3. The van der Waals surface area contributed by atoms with Crippen molar-refractivity contribution in [3.8, 4) is 11.4 Å². The van der Waals surface area contributed by atoms with E-state index >= 15 is 0 Å². The molecule has 0 aliphatic carbocycles. The van der Waals surface area contributed by atoms with E-state index in [1.165, 1.54) is 6.20 Å². The SMILES string of the molecule is O=Nc1ccnc(-c2c[nH]cn2)c1. The van der Waals surface area contributed by atoms with E-state index in [9.17, 15) is 4.91 Å². The zero-order valence-electron chi connectivity index (χ0n) is 6.64. The minimum atomic E-state index is 0.355. The predicted molar refractivity (Wildman–Crippen MR) is 47.3 cm³/mol. The van der Waals surface area contributed by atoms with Gasteiger partial charge < -0.3 is 4.98 Å². The molecule has 0 atom stereocenters. The van der Waals surface area contributed by atoms with E-state index in [-0.39, 0.29) is 0 Å². The van der Waals surface area contributed by atoms with Gasteiger partial charge in [-0.15, -0.1) is 4.91 Å². The second-order valence-corrected chi connectivity index (χ2v) is 2.45. The lowest BCUT2D eigenvalue weighted by Crippen LogP contribution is -1.81. The normalized spacial score (nSPS) is 9.85. The molecule has 2 heterocycles. The Hall–Kier alpha value is -2.04. The number of nitroso groups, excluding NO2 is 1. The number of rotatable bonds is 2. The number of pyridine rings is 1. The summed E-state index contributed by atoms with van der Waals surface area (Å²) < 4.78 is 0. The van der Waals surface area contributed by atoms with Crippen LogP contribution < -0.4 is 0 Å². The average molecular weight is 174 g/mol. The number of hydrogen-bond acceptors (Lipinski definition) is 4. The third kappa shape index (κ3) is 1.44. The molecule has 2 aromatic rings. The maximum Gasteiger partial charge on any atom is 0.111 e. The van der Waals surface area contributed by atoms with Crippen LogP contribution in [0, 0.1) is 4.91 Å². The van der Waals surface area contributed by atoms with Crippen LogP contribution in [0.1, 0.15) is 0 Å². The first-order valence-electron chi connectivity index (χ1n) is 3.69. The molecule has 64 valence electrons. The molecule has 0 bridgehead atoms. The Bertz CT molecular complexity index is 410. The minimum absolute atomic E-state index is 0.355. The van der Waals surface area contributed by atoms with Gasteiger partial charge in [-0.1, -0.05) is 0 Å². The molecule has 0 aromatic carbocycles. The topological polar surface area (TPSA) is 71.0 Å². The van der Waals surface area contributed by atoms with Crippen LogP contribution in [0.15, 0.2) is 36.0 Å². The number of aromatic amines is 1. The Labute approximate surface area is 73.8 Å². The van der Waals surface area contributed by atoms with Crippen molar-refractivity contribution >= 4 is 5.69 Å². The van der Waals surface area contributed by atoms with Crippen molar-refractivity contribution in [2.75, 3.05) is 0 Å². The van der Waals surface area contributed by atoms with Gasteiger partial charge in [0.25, 0.3) is 0 Å². The quantitative estimate of drug-likeness (QED) is 0.706. The fourth-order valence-electron chi connectivity index (χ4n) is 1.02. The molecular weight excluding hydrogens is 168 g/mol. The number of H-pyrrole nitrogens is 1. The zero-order chi connectivity index (χ0) is 9.10. The van der Waals surface area contributed by atoms with Crippen LogP contribution in [0.3, 0.4) is 0 Å². The molecule has 0 fully saturated rings. The third-order valence-corrected chi connectivity index (χ3v) is 1.61. The maximum absolute atomic E-state index is 10.2. The zero-order valence-corrected chi connectivity index (χ0v) is 6.64. The predicted octanol–water partition coefficient (Wildman–Crippen LogP) is 1.87. The van der Waals surface area contributed by atoms with E-state index in [1.54, 1.807) is 24.7 Å². The molecule has 0 amide bonds. The van der Waals surface area contributed by atoms with Crippen LogP contribution in [0.4, 0.5) is 5.69 Å². The van der Waals surface area contributed by atoms with Crippen molar-refractivity contribution in [1.29, 1.82) is 0 Å². The van der Waals surface area contributed by atoms with Gasteiger partial charge in [0.1, 0.15) is 11.4 Å². The summed E-state index contributed by atoms with van der Waals surface area (Å²) in [6, 6.07) is 3.13. The van der Waals surface area contributed by atoms with Crippen LogP contribution in [0.2, 0.25) is 0 Å². The van der Waals surface area contributed by atoms with Crippen LogP contribution in [-0.4, -0.2) is 15.0 Å². The lowest BCUT2D eigenvalue weighted by atomic mass is 10.3. The summed E-state index contributed by atoms with van der Waals surface area (Å²) >= 11 is 0. The average Bonchev–Trinajstić information content (AvgIpc) is 2.71. The molecule has 13 heavy (non-hydrogen) atoms. The molecule has 0 aliphatic heterocycles. The van der Waals surface area contributed by atoms with Crippen molar-refractivity contribution in [2.45, 2.75) is 0 Å².